The zero-order valence-corrected chi connectivity index (χ0v) is 14.0. The van der Waals surface area contributed by atoms with Gasteiger partial charge in [0.1, 0.15) is 0 Å². The molecule has 0 saturated carbocycles. The molecule has 1 aromatic heterocycles. The van der Waals surface area contributed by atoms with Gasteiger partial charge in [0.05, 0.1) is 19.6 Å². The van der Waals surface area contributed by atoms with Gasteiger partial charge in [0, 0.05) is 0 Å². The maximum atomic E-state index is 12.4. The van der Waals surface area contributed by atoms with Crippen molar-refractivity contribution in [1.82, 2.24) is 0 Å². The van der Waals surface area contributed by atoms with Crippen LogP contribution < -0.4 is 14.9 Å². The van der Waals surface area contributed by atoms with Gasteiger partial charge in [0.15, 0.2) is 28.6 Å². The van der Waals surface area contributed by atoms with Gasteiger partial charge in [0.25, 0.3) is 0 Å². The zero-order chi connectivity index (χ0) is 18.8. The van der Waals surface area contributed by atoms with Crippen molar-refractivity contribution in [2.75, 3.05) is 14.2 Å². The average molecular weight is 356 g/mol. The largest absolute Gasteiger partial charge is 0.504 e. The first-order valence-corrected chi connectivity index (χ1v) is 7.57. The van der Waals surface area contributed by atoms with E-state index in [0.29, 0.717) is 11.3 Å². The zero-order valence-electron chi connectivity index (χ0n) is 14.0. The summed E-state index contributed by atoms with van der Waals surface area (Å²) in [6, 6.07) is 7.22. The van der Waals surface area contributed by atoms with Crippen molar-refractivity contribution < 1.29 is 29.2 Å². The lowest BCUT2D eigenvalue weighted by atomic mass is 10.1. The highest BCUT2D eigenvalue weighted by atomic mass is 16.5. The van der Waals surface area contributed by atoms with E-state index < -0.39 is 11.2 Å². The van der Waals surface area contributed by atoms with Gasteiger partial charge in [-0.2, -0.15) is 0 Å². The Morgan fingerprint density at radius 1 is 0.962 bits per heavy atom. The fourth-order valence-corrected chi connectivity index (χ4v) is 2.51. The number of hydrogen-bond donors (Lipinski definition) is 3. The van der Waals surface area contributed by atoms with E-state index in [1.165, 1.54) is 44.6 Å². The van der Waals surface area contributed by atoms with Gasteiger partial charge in [-0.05, 0) is 35.9 Å². The summed E-state index contributed by atoms with van der Waals surface area (Å²) in [4.78, 5) is 12.4. The maximum absolute atomic E-state index is 12.4. The molecule has 0 saturated heterocycles. The van der Waals surface area contributed by atoms with Crippen LogP contribution in [0.25, 0.3) is 23.1 Å². The van der Waals surface area contributed by atoms with Crippen LogP contribution in [0.2, 0.25) is 0 Å². The molecule has 0 aliphatic heterocycles. The number of rotatable bonds is 4. The number of hydrogen-bond acceptors (Lipinski definition) is 7. The van der Waals surface area contributed by atoms with Crippen molar-refractivity contribution in [3.05, 3.63) is 51.9 Å². The summed E-state index contributed by atoms with van der Waals surface area (Å²) in [6.07, 6.45) is 2.89. The summed E-state index contributed by atoms with van der Waals surface area (Å²) in [7, 11) is 2.87. The van der Waals surface area contributed by atoms with Crippen LogP contribution in [-0.2, 0) is 0 Å². The fourth-order valence-electron chi connectivity index (χ4n) is 2.51. The molecular weight excluding hydrogens is 340 g/mol. The molecule has 0 spiro atoms. The lowest BCUT2D eigenvalue weighted by Crippen LogP contribution is -2.04. The monoisotopic (exact) mass is 356 g/mol. The Kier molecular flexibility index (Phi) is 4.45. The molecule has 1 heterocycles. The first-order chi connectivity index (χ1) is 12.5. The first-order valence-electron chi connectivity index (χ1n) is 7.57. The minimum absolute atomic E-state index is 0.0818. The molecule has 0 fully saturated rings. The normalized spacial score (nSPS) is 11.2. The van der Waals surface area contributed by atoms with Crippen LogP contribution in [0.1, 0.15) is 11.3 Å². The first kappa shape index (κ1) is 17.2. The van der Waals surface area contributed by atoms with Crippen LogP contribution >= 0.6 is 0 Å². The molecular formula is C19H16O7. The van der Waals surface area contributed by atoms with Crippen LogP contribution in [-0.4, -0.2) is 29.5 Å². The summed E-state index contributed by atoms with van der Waals surface area (Å²) < 4.78 is 16.1. The molecule has 0 aliphatic rings. The maximum Gasteiger partial charge on any atom is 0.235 e. The third-order valence-corrected chi connectivity index (χ3v) is 3.83. The van der Waals surface area contributed by atoms with Crippen molar-refractivity contribution in [1.29, 1.82) is 0 Å². The van der Waals surface area contributed by atoms with Crippen molar-refractivity contribution in [2.24, 2.45) is 0 Å². The van der Waals surface area contributed by atoms with E-state index in [1.54, 1.807) is 12.1 Å². The number of methoxy groups -OCH3 is 2. The van der Waals surface area contributed by atoms with Gasteiger partial charge in [-0.15, -0.1) is 0 Å². The molecule has 0 aliphatic carbocycles. The number of phenols is 2. The standard InChI is InChI=1S/C19H16O7/c1-24-15-8-5-11-16(22)17(23)14(26-18(11)19(15)25-2)7-4-10-3-6-12(20)13(21)9-10/h3-9,20-21,23H,1-2H3/b7-4+. The quantitative estimate of drug-likeness (QED) is 0.616. The molecule has 26 heavy (non-hydrogen) atoms. The fraction of sp³-hybridized carbons (Fsp3) is 0.105. The smallest absolute Gasteiger partial charge is 0.235 e. The van der Waals surface area contributed by atoms with Gasteiger partial charge < -0.3 is 29.2 Å². The minimum Gasteiger partial charge on any atom is -0.504 e. The summed E-state index contributed by atoms with van der Waals surface area (Å²) >= 11 is 0. The molecule has 3 aromatic rings. The minimum atomic E-state index is -0.611. The molecule has 134 valence electrons. The van der Waals surface area contributed by atoms with Crippen LogP contribution in [0.5, 0.6) is 28.7 Å². The van der Waals surface area contributed by atoms with E-state index in [1.807, 2.05) is 0 Å². The molecule has 3 N–H and O–H groups in total. The molecule has 0 radical (unpaired) electrons. The third-order valence-electron chi connectivity index (χ3n) is 3.83. The molecule has 2 aromatic carbocycles. The lowest BCUT2D eigenvalue weighted by molar-refractivity contribution is 0.351. The topological polar surface area (TPSA) is 109 Å². The number of phenolic OH excluding ortho intramolecular Hbond substituents is 2. The van der Waals surface area contributed by atoms with Crippen molar-refractivity contribution in [3.8, 4) is 28.7 Å². The van der Waals surface area contributed by atoms with Gasteiger partial charge in [-0.1, -0.05) is 12.1 Å². The molecule has 3 rings (SSSR count). The Balaban J connectivity index is 2.16. The Morgan fingerprint density at radius 2 is 1.73 bits per heavy atom. The van der Waals surface area contributed by atoms with Gasteiger partial charge in [-0.25, -0.2) is 0 Å². The second-order valence-electron chi connectivity index (χ2n) is 5.40. The Hall–Kier alpha value is -3.61. The Bertz CT molecular complexity index is 1060. The van der Waals surface area contributed by atoms with Crippen molar-refractivity contribution in [3.63, 3.8) is 0 Å². The summed E-state index contributed by atoms with van der Waals surface area (Å²) in [6.45, 7) is 0. The Labute approximate surface area is 148 Å². The number of aromatic hydroxyl groups is 3. The average Bonchev–Trinajstić information content (AvgIpc) is 2.65. The Morgan fingerprint density at radius 3 is 2.38 bits per heavy atom. The predicted octanol–water partition coefficient (Wildman–Crippen LogP) is 3.10. The van der Waals surface area contributed by atoms with E-state index in [4.69, 9.17) is 13.9 Å². The van der Waals surface area contributed by atoms with E-state index in [-0.39, 0.29) is 34.0 Å². The van der Waals surface area contributed by atoms with Gasteiger partial charge >= 0.3 is 0 Å². The highest BCUT2D eigenvalue weighted by molar-refractivity contribution is 5.87. The van der Waals surface area contributed by atoms with E-state index in [9.17, 15) is 20.1 Å². The summed E-state index contributed by atoms with van der Waals surface area (Å²) in [5.74, 6) is -0.557. The second-order valence-corrected chi connectivity index (χ2v) is 5.40. The lowest BCUT2D eigenvalue weighted by Gasteiger charge is -2.10. The number of benzene rings is 2. The summed E-state index contributed by atoms with van der Waals surface area (Å²) in [5.41, 5.74) is 0.0586. The van der Waals surface area contributed by atoms with Crippen LogP contribution in [0.3, 0.4) is 0 Å². The predicted molar refractivity (Wildman–Crippen MR) is 96.0 cm³/mol. The highest BCUT2D eigenvalue weighted by Gasteiger charge is 2.18. The number of ether oxygens (including phenoxy) is 2. The molecule has 0 atom stereocenters. The van der Waals surface area contributed by atoms with Crippen LogP contribution in [0.15, 0.2) is 39.5 Å². The molecule has 0 amide bonds. The summed E-state index contributed by atoms with van der Waals surface area (Å²) in [5, 5.41) is 29.2. The highest BCUT2D eigenvalue weighted by Crippen LogP contribution is 2.36. The van der Waals surface area contributed by atoms with E-state index in [2.05, 4.69) is 0 Å². The second kappa shape index (κ2) is 6.72. The van der Waals surface area contributed by atoms with Crippen molar-refractivity contribution >= 4 is 23.1 Å². The van der Waals surface area contributed by atoms with Crippen LogP contribution in [0.4, 0.5) is 0 Å². The molecule has 0 bridgehead atoms. The molecule has 7 heteroatoms. The van der Waals surface area contributed by atoms with E-state index in [0.717, 1.165) is 0 Å². The molecule has 0 unspecified atom stereocenters. The van der Waals surface area contributed by atoms with Crippen LogP contribution in [0, 0.1) is 0 Å². The van der Waals surface area contributed by atoms with Crippen molar-refractivity contribution in [2.45, 2.75) is 0 Å². The SMILES string of the molecule is COc1ccc2c(=O)c(O)c(/C=C/c3ccc(O)c(O)c3)oc2c1OC. The third kappa shape index (κ3) is 2.90. The number of fused-ring (bicyclic) bond motifs is 1. The van der Waals surface area contributed by atoms with Gasteiger partial charge in [-0.3, -0.25) is 4.79 Å². The van der Waals surface area contributed by atoms with Gasteiger partial charge in [0.2, 0.25) is 16.9 Å². The van der Waals surface area contributed by atoms with E-state index >= 15 is 0 Å². The molecule has 7 nitrogen and oxygen atoms in total.